The SMILES string of the molecule is CC(=O)OC[C@@H](NS(=O)(=O)Cc1ccc(Cl)cc1)C(=O)N(C)[C@@H](C)C(=O)NCc1ccc(NC(=N)NOC(C)=O)cc1. The summed E-state index contributed by atoms with van der Waals surface area (Å²) in [4.78, 5) is 53.8. The van der Waals surface area contributed by atoms with E-state index in [1.165, 1.54) is 45.2 Å². The number of benzene rings is 2. The van der Waals surface area contributed by atoms with E-state index in [9.17, 15) is 27.6 Å². The fourth-order valence-electron chi connectivity index (χ4n) is 3.36. The molecule has 0 aliphatic rings. The zero-order chi connectivity index (χ0) is 31.4. The maximum Gasteiger partial charge on any atom is 0.329 e. The van der Waals surface area contributed by atoms with Gasteiger partial charge in [-0.05, 0) is 42.3 Å². The number of hydroxylamine groups is 1. The average molecular weight is 625 g/mol. The van der Waals surface area contributed by atoms with Gasteiger partial charge in [0.1, 0.15) is 18.7 Å². The first-order valence-corrected chi connectivity index (χ1v) is 14.5. The molecule has 2 rings (SSSR count). The van der Waals surface area contributed by atoms with Gasteiger partial charge in [-0.2, -0.15) is 10.2 Å². The van der Waals surface area contributed by atoms with E-state index in [2.05, 4.69) is 25.7 Å². The zero-order valence-corrected chi connectivity index (χ0v) is 25.0. The average Bonchev–Trinajstić information content (AvgIpc) is 2.93. The van der Waals surface area contributed by atoms with Crippen molar-refractivity contribution in [3.05, 3.63) is 64.7 Å². The molecule has 0 saturated carbocycles. The Morgan fingerprint density at radius 1 is 0.976 bits per heavy atom. The maximum absolute atomic E-state index is 13.2. The third kappa shape index (κ3) is 11.7. The van der Waals surface area contributed by atoms with Crippen molar-refractivity contribution >= 4 is 57.0 Å². The molecule has 42 heavy (non-hydrogen) atoms. The Balaban J connectivity index is 1.99. The van der Waals surface area contributed by atoms with Crippen LogP contribution >= 0.6 is 11.6 Å². The van der Waals surface area contributed by atoms with Crippen molar-refractivity contribution in [2.45, 2.75) is 45.2 Å². The van der Waals surface area contributed by atoms with Crippen LogP contribution in [-0.4, -0.2) is 68.8 Å². The molecule has 0 saturated heterocycles. The smallest absolute Gasteiger partial charge is 0.329 e. The summed E-state index contributed by atoms with van der Waals surface area (Å²) in [7, 11) is -2.73. The molecule has 0 bridgehead atoms. The second-order valence-electron chi connectivity index (χ2n) is 9.09. The number of carbonyl (C=O) groups excluding carboxylic acids is 4. The molecular weight excluding hydrogens is 592 g/mol. The fraction of sp³-hybridized carbons (Fsp3) is 0.346. The number of anilines is 1. The number of likely N-dealkylation sites (N-methyl/N-ethyl adjacent to an activating group) is 1. The van der Waals surface area contributed by atoms with Crippen LogP contribution in [0.15, 0.2) is 48.5 Å². The van der Waals surface area contributed by atoms with Gasteiger partial charge in [0, 0.05) is 38.1 Å². The molecule has 16 heteroatoms. The predicted molar refractivity (Wildman–Crippen MR) is 154 cm³/mol. The Bertz CT molecular complexity index is 1390. The van der Waals surface area contributed by atoms with E-state index in [-0.39, 0.29) is 12.5 Å². The van der Waals surface area contributed by atoms with Crippen LogP contribution in [-0.2, 0) is 51.1 Å². The van der Waals surface area contributed by atoms with Crippen LogP contribution in [0.5, 0.6) is 0 Å². The number of nitrogens with one attached hydrogen (secondary N) is 5. The van der Waals surface area contributed by atoms with Crippen molar-refractivity contribution in [2.24, 2.45) is 0 Å². The van der Waals surface area contributed by atoms with Gasteiger partial charge >= 0.3 is 11.9 Å². The minimum Gasteiger partial charge on any atom is -0.464 e. The van der Waals surface area contributed by atoms with E-state index in [0.717, 1.165) is 11.8 Å². The van der Waals surface area contributed by atoms with Gasteiger partial charge in [0.15, 0.2) is 0 Å². The lowest BCUT2D eigenvalue weighted by atomic mass is 10.2. The highest BCUT2D eigenvalue weighted by molar-refractivity contribution is 7.88. The topological polar surface area (TPSA) is 196 Å². The summed E-state index contributed by atoms with van der Waals surface area (Å²) in [6.45, 7) is 3.31. The van der Waals surface area contributed by atoms with Crippen LogP contribution in [0.25, 0.3) is 0 Å². The molecule has 0 aliphatic carbocycles. The number of halogens is 1. The molecule has 0 unspecified atom stereocenters. The van der Waals surface area contributed by atoms with E-state index in [4.69, 9.17) is 21.7 Å². The molecule has 5 N–H and O–H groups in total. The standard InChI is InChI=1S/C26H33ClN6O8S/c1-16(24(36)29-13-19-7-11-22(12-8-19)30-26(28)31-41-18(3)35)33(4)25(37)23(14-40-17(2)34)32-42(38,39)15-20-5-9-21(27)10-6-20/h5-12,16,23,32H,13-15H2,1-4H3,(H,29,36)(H3,28,30,31)/t16-,23+/m0/s1. The minimum absolute atomic E-state index is 0.110. The normalized spacial score (nSPS) is 12.3. The number of hydrogen-bond donors (Lipinski definition) is 5. The van der Waals surface area contributed by atoms with Crippen molar-refractivity contribution in [3.63, 3.8) is 0 Å². The van der Waals surface area contributed by atoms with Crippen molar-refractivity contribution in [1.82, 2.24) is 20.4 Å². The summed E-state index contributed by atoms with van der Waals surface area (Å²) < 4.78 is 32.8. The predicted octanol–water partition coefficient (Wildman–Crippen LogP) is 1.27. The van der Waals surface area contributed by atoms with Crippen molar-refractivity contribution < 1.29 is 37.2 Å². The Hall–Kier alpha value is -4.21. The molecule has 2 amide bonds. The van der Waals surface area contributed by atoms with E-state index >= 15 is 0 Å². The number of rotatable bonds is 12. The first-order valence-electron chi connectivity index (χ1n) is 12.5. The van der Waals surface area contributed by atoms with Gasteiger partial charge in [-0.25, -0.2) is 8.42 Å². The highest BCUT2D eigenvalue weighted by Crippen LogP contribution is 2.13. The van der Waals surface area contributed by atoms with Gasteiger partial charge in [0.05, 0.1) is 5.75 Å². The van der Waals surface area contributed by atoms with Crippen molar-refractivity contribution in [2.75, 3.05) is 19.0 Å². The molecule has 14 nitrogen and oxygen atoms in total. The molecule has 0 aromatic heterocycles. The highest BCUT2D eigenvalue weighted by atomic mass is 35.5. The van der Waals surface area contributed by atoms with Crippen molar-refractivity contribution in [3.8, 4) is 0 Å². The molecular formula is C26H33ClN6O8S. The van der Waals surface area contributed by atoms with Crippen molar-refractivity contribution in [1.29, 1.82) is 5.41 Å². The summed E-state index contributed by atoms with van der Waals surface area (Å²) in [5.74, 6) is -3.32. The Morgan fingerprint density at radius 3 is 2.14 bits per heavy atom. The van der Waals surface area contributed by atoms with Gasteiger partial charge < -0.3 is 25.1 Å². The van der Waals surface area contributed by atoms with E-state index in [0.29, 0.717) is 21.8 Å². The molecule has 0 aliphatic heterocycles. The molecule has 0 fully saturated rings. The summed E-state index contributed by atoms with van der Waals surface area (Å²) in [5, 5.41) is 13.5. The van der Waals surface area contributed by atoms with E-state index in [1.807, 2.05) is 0 Å². The monoisotopic (exact) mass is 624 g/mol. The number of carbonyl (C=O) groups is 4. The summed E-state index contributed by atoms with van der Waals surface area (Å²) >= 11 is 5.85. The molecule has 0 radical (unpaired) electrons. The Kier molecular flexibility index (Phi) is 12.7. The number of hydrogen-bond acceptors (Lipinski definition) is 9. The molecule has 2 atom stereocenters. The van der Waals surface area contributed by atoms with Gasteiger partial charge in [0.25, 0.3) is 0 Å². The van der Waals surface area contributed by atoms with E-state index < -0.39 is 58.2 Å². The first kappa shape index (κ1) is 34.0. The van der Waals surface area contributed by atoms with E-state index in [1.54, 1.807) is 24.3 Å². The lowest BCUT2D eigenvalue weighted by Gasteiger charge is -2.28. The van der Waals surface area contributed by atoms with Gasteiger partial charge in [-0.15, -0.1) is 0 Å². The number of amides is 2. The summed E-state index contributed by atoms with van der Waals surface area (Å²) in [6, 6.07) is 10.3. The zero-order valence-electron chi connectivity index (χ0n) is 23.4. The summed E-state index contributed by atoms with van der Waals surface area (Å²) in [5.41, 5.74) is 3.78. The number of ether oxygens (including phenoxy) is 1. The molecule has 0 heterocycles. The number of esters is 1. The molecule has 2 aromatic carbocycles. The number of sulfonamides is 1. The maximum atomic E-state index is 13.2. The largest absolute Gasteiger partial charge is 0.464 e. The first-order chi connectivity index (χ1) is 19.7. The lowest BCUT2D eigenvalue weighted by molar-refractivity contribution is -0.146. The van der Waals surface area contributed by atoms with Gasteiger partial charge in [-0.3, -0.25) is 24.6 Å². The Labute approximate surface area is 248 Å². The number of guanidine groups is 1. The second kappa shape index (κ2) is 15.7. The second-order valence-corrected chi connectivity index (χ2v) is 11.3. The molecule has 2 aromatic rings. The van der Waals surface area contributed by atoms with Crippen LogP contribution in [0.3, 0.4) is 0 Å². The minimum atomic E-state index is -4.06. The highest BCUT2D eigenvalue weighted by Gasteiger charge is 2.32. The van der Waals surface area contributed by atoms with Crippen LogP contribution in [0.1, 0.15) is 31.9 Å². The fourth-order valence-corrected chi connectivity index (χ4v) is 4.81. The van der Waals surface area contributed by atoms with Gasteiger partial charge in [-0.1, -0.05) is 35.9 Å². The van der Waals surface area contributed by atoms with Crippen LogP contribution in [0.4, 0.5) is 5.69 Å². The lowest BCUT2D eigenvalue weighted by Crippen LogP contribution is -2.55. The molecule has 0 spiro atoms. The summed E-state index contributed by atoms with van der Waals surface area (Å²) in [6.07, 6.45) is 0. The van der Waals surface area contributed by atoms with Crippen LogP contribution in [0, 0.1) is 5.41 Å². The number of nitrogens with zero attached hydrogens (tertiary/aromatic N) is 1. The Morgan fingerprint density at radius 2 is 1.57 bits per heavy atom. The quantitative estimate of drug-likeness (QED) is 0.0992. The van der Waals surface area contributed by atoms with Gasteiger partial charge in [0.2, 0.25) is 27.8 Å². The molecule has 228 valence electrons. The third-order valence-electron chi connectivity index (χ3n) is 5.64. The van der Waals surface area contributed by atoms with Crippen LogP contribution < -0.4 is 20.8 Å². The van der Waals surface area contributed by atoms with Crippen LogP contribution in [0.2, 0.25) is 5.02 Å². The third-order valence-corrected chi connectivity index (χ3v) is 7.25.